The summed E-state index contributed by atoms with van der Waals surface area (Å²) in [5.41, 5.74) is 5.23. The van der Waals surface area contributed by atoms with Crippen molar-refractivity contribution in [1.82, 2.24) is 15.5 Å². The van der Waals surface area contributed by atoms with Gasteiger partial charge in [-0.2, -0.15) is 13.2 Å². The van der Waals surface area contributed by atoms with Crippen molar-refractivity contribution in [3.8, 4) is 11.3 Å². The largest absolute Gasteiger partial charge is 0.755 e. The summed E-state index contributed by atoms with van der Waals surface area (Å²) in [6.07, 6.45) is -3.41. The minimum Gasteiger partial charge on any atom is -0.755 e. The van der Waals surface area contributed by atoms with Crippen LogP contribution < -0.4 is 15.8 Å². The van der Waals surface area contributed by atoms with Crippen LogP contribution in [0.3, 0.4) is 0 Å². The van der Waals surface area contributed by atoms with Gasteiger partial charge in [0.05, 0.1) is 16.9 Å². The molecule has 2 atom stereocenters. The van der Waals surface area contributed by atoms with Gasteiger partial charge < -0.3 is 20.3 Å². The van der Waals surface area contributed by atoms with Crippen LogP contribution in [0.2, 0.25) is 0 Å². The maximum absolute atomic E-state index is 12.7. The number of piperidine rings is 1. The van der Waals surface area contributed by atoms with Crippen LogP contribution in [0.25, 0.3) is 11.3 Å². The molecule has 3 rings (SSSR count). The van der Waals surface area contributed by atoms with E-state index in [2.05, 4.69) is 15.5 Å². The van der Waals surface area contributed by atoms with Gasteiger partial charge in [-0.1, -0.05) is 6.07 Å². The van der Waals surface area contributed by atoms with Crippen molar-refractivity contribution in [3.05, 3.63) is 35.4 Å². The summed E-state index contributed by atoms with van der Waals surface area (Å²) in [6.45, 7) is 3.22. The number of nitrogen functional groups attached to an aromatic ring is 1. The topological polar surface area (TPSA) is 116 Å². The van der Waals surface area contributed by atoms with E-state index in [9.17, 15) is 26.3 Å². The number of aromatic nitrogens is 2. The molecule has 0 spiro atoms. The van der Waals surface area contributed by atoms with E-state index in [-0.39, 0.29) is 22.8 Å². The molecule has 1 fully saturated rings. The van der Waals surface area contributed by atoms with Gasteiger partial charge in [-0.15, -0.1) is 10.2 Å². The number of benzene rings is 1. The summed E-state index contributed by atoms with van der Waals surface area (Å²) in [7, 11) is 0. The first-order chi connectivity index (χ1) is 13.6. The quantitative estimate of drug-likeness (QED) is 0.505. The molecule has 1 aliphatic heterocycles. The Balaban J connectivity index is 0.000000360. The molecule has 0 radical (unpaired) electrons. The Morgan fingerprint density at radius 1 is 1.31 bits per heavy atom. The van der Waals surface area contributed by atoms with Crippen LogP contribution in [-0.2, 0) is 17.4 Å². The zero-order valence-electron chi connectivity index (χ0n) is 15.4. The molecule has 1 aliphatic rings. The Labute approximate surface area is 167 Å². The molecule has 2 heterocycles. The molecule has 160 valence electrons. The molecule has 12 heteroatoms. The minimum atomic E-state index is -4.60. The Kier molecular flexibility index (Phi) is 7.88. The van der Waals surface area contributed by atoms with Crippen LogP contribution >= 0.6 is 0 Å². The average molecular weight is 434 g/mol. The minimum absolute atomic E-state index is 0.160. The summed E-state index contributed by atoms with van der Waals surface area (Å²) in [5, 5.41) is 10.4. The average Bonchev–Trinajstić information content (AvgIpc) is 2.64. The van der Waals surface area contributed by atoms with E-state index in [1.54, 1.807) is 6.92 Å². The van der Waals surface area contributed by atoms with Crippen molar-refractivity contribution in [2.45, 2.75) is 32.1 Å². The van der Waals surface area contributed by atoms with E-state index in [0.29, 0.717) is 18.2 Å². The molecule has 0 amide bonds. The van der Waals surface area contributed by atoms with Crippen molar-refractivity contribution in [1.29, 1.82) is 0 Å². The molecule has 1 saturated heterocycles. The fourth-order valence-electron chi connectivity index (χ4n) is 2.55. The van der Waals surface area contributed by atoms with E-state index < -0.39 is 29.2 Å². The van der Waals surface area contributed by atoms with Gasteiger partial charge in [-0.25, -0.2) is 4.39 Å². The Hall–Kier alpha value is -2.31. The van der Waals surface area contributed by atoms with Crippen molar-refractivity contribution in [2.24, 2.45) is 0 Å². The molecule has 4 N–H and O–H groups in total. The first-order valence-electron chi connectivity index (χ1n) is 8.60. The van der Waals surface area contributed by atoms with Crippen molar-refractivity contribution in [3.63, 3.8) is 0 Å². The summed E-state index contributed by atoms with van der Waals surface area (Å²) in [6, 6.07) is 4.15. The van der Waals surface area contributed by atoms with Crippen molar-refractivity contribution < 1.29 is 26.3 Å². The smallest absolute Gasteiger partial charge is 0.416 e. The number of aryl methyl sites for hydroxylation is 1. The predicted molar refractivity (Wildman–Crippen MR) is 101 cm³/mol. The predicted octanol–water partition coefficient (Wildman–Crippen LogP) is 2.97. The second-order valence-corrected chi connectivity index (χ2v) is 7.01. The van der Waals surface area contributed by atoms with Crippen LogP contribution in [0.5, 0.6) is 0 Å². The first-order valence-corrected chi connectivity index (χ1v) is 9.67. The van der Waals surface area contributed by atoms with Crippen LogP contribution in [0.4, 0.5) is 29.1 Å². The van der Waals surface area contributed by atoms with Gasteiger partial charge in [0.15, 0.2) is 0 Å². The van der Waals surface area contributed by atoms with Crippen LogP contribution in [0.1, 0.15) is 24.0 Å². The lowest BCUT2D eigenvalue weighted by Crippen LogP contribution is -2.30. The maximum atomic E-state index is 12.7. The van der Waals surface area contributed by atoms with Gasteiger partial charge in [0.25, 0.3) is 0 Å². The number of hydrogen-bond donors (Lipinski definition) is 3. The highest BCUT2D eigenvalue weighted by Gasteiger charge is 2.31. The number of hydrogen-bond acceptors (Lipinski definition) is 6. The van der Waals surface area contributed by atoms with Crippen LogP contribution in [0.15, 0.2) is 24.3 Å². The molecule has 1 unspecified atom stereocenters. The standard InChI is InChI=1S/C12H11F3N4O2S.C5H10FN/c1-6-4-9(17-18-11(6)16)8-3-2-7(12(13,14)15)5-10(8)19-22(20)21;6-5-2-1-3-7-4-5/h2-5,19H,1H3,(H2,16,18)(H,20,21);5,7H,1-4H2/p-1/t;5-/m.1/s1. The number of rotatable bonds is 3. The molecule has 1 aromatic heterocycles. The Morgan fingerprint density at radius 3 is 2.52 bits per heavy atom. The van der Waals surface area contributed by atoms with E-state index >= 15 is 0 Å². The van der Waals surface area contributed by atoms with E-state index in [4.69, 9.17) is 5.73 Å². The molecular weight excluding hydrogens is 414 g/mol. The summed E-state index contributed by atoms with van der Waals surface area (Å²) >= 11 is -2.79. The zero-order chi connectivity index (χ0) is 21.6. The molecule has 0 aliphatic carbocycles. The van der Waals surface area contributed by atoms with E-state index in [1.807, 2.05) is 4.72 Å². The number of nitrogens with two attached hydrogens (primary N) is 1. The second-order valence-electron chi connectivity index (χ2n) is 6.34. The lowest BCUT2D eigenvalue weighted by molar-refractivity contribution is -0.137. The zero-order valence-corrected chi connectivity index (χ0v) is 16.2. The van der Waals surface area contributed by atoms with Crippen molar-refractivity contribution >= 4 is 22.8 Å². The van der Waals surface area contributed by atoms with Gasteiger partial charge in [0, 0.05) is 23.4 Å². The normalized spacial score (nSPS) is 17.8. The summed E-state index contributed by atoms with van der Waals surface area (Å²) in [4.78, 5) is 0. The Morgan fingerprint density at radius 2 is 2.03 bits per heavy atom. The van der Waals surface area contributed by atoms with E-state index in [0.717, 1.165) is 31.5 Å². The highest BCUT2D eigenvalue weighted by atomic mass is 32.2. The molecule has 2 aromatic rings. The van der Waals surface area contributed by atoms with Gasteiger partial charge >= 0.3 is 6.18 Å². The lowest BCUT2D eigenvalue weighted by Gasteiger charge is -2.16. The Bertz CT molecular complexity index is 860. The third kappa shape index (κ3) is 6.91. The third-order valence-corrected chi connectivity index (χ3v) is 4.46. The fourth-order valence-corrected chi connectivity index (χ4v) is 2.90. The monoisotopic (exact) mass is 434 g/mol. The number of nitrogens with zero attached hydrogens (tertiary/aromatic N) is 2. The highest BCUT2D eigenvalue weighted by Crippen LogP contribution is 2.35. The molecule has 29 heavy (non-hydrogen) atoms. The number of halogens is 4. The summed E-state index contributed by atoms with van der Waals surface area (Å²) < 4.78 is 73.8. The third-order valence-electron chi connectivity index (χ3n) is 4.08. The lowest BCUT2D eigenvalue weighted by atomic mass is 10.0. The number of nitrogens with one attached hydrogen (secondary N) is 2. The van der Waals surface area contributed by atoms with Crippen molar-refractivity contribution in [2.75, 3.05) is 23.5 Å². The molecule has 0 bridgehead atoms. The van der Waals surface area contributed by atoms with Gasteiger partial charge in [0.2, 0.25) is 0 Å². The molecule has 0 saturated carbocycles. The highest BCUT2D eigenvalue weighted by molar-refractivity contribution is 7.80. The molecular formula is C17H20F4N5O2S-. The molecule has 7 nitrogen and oxygen atoms in total. The van der Waals surface area contributed by atoms with Crippen LogP contribution in [0, 0.1) is 6.92 Å². The van der Waals surface area contributed by atoms with Crippen LogP contribution in [-0.4, -0.2) is 38.2 Å². The first kappa shape index (κ1) is 23.0. The second kappa shape index (κ2) is 9.94. The fraction of sp³-hybridized carbons (Fsp3) is 0.412. The number of anilines is 2. The summed E-state index contributed by atoms with van der Waals surface area (Å²) in [5.74, 6) is 0.178. The van der Waals surface area contributed by atoms with Gasteiger partial charge in [-0.05, 0) is 50.1 Å². The maximum Gasteiger partial charge on any atom is 0.416 e. The SMILES string of the molecule is Cc1cc(-c2ccc(C(F)(F)F)cc2NS(=O)[O-])nnc1N.F[C@@H]1CCCNC1. The van der Waals surface area contributed by atoms with E-state index in [1.165, 1.54) is 6.07 Å². The number of alkyl halides is 4. The molecule has 1 aromatic carbocycles. The van der Waals surface area contributed by atoms with Gasteiger partial charge in [0.1, 0.15) is 12.0 Å². The van der Waals surface area contributed by atoms with Gasteiger partial charge in [-0.3, -0.25) is 4.21 Å².